The predicted octanol–water partition coefficient (Wildman–Crippen LogP) is 2.81. The number of thioether (sulfide) groups is 1. The lowest BCUT2D eigenvalue weighted by Gasteiger charge is -2.11. The van der Waals surface area contributed by atoms with E-state index in [4.69, 9.17) is 4.74 Å². The summed E-state index contributed by atoms with van der Waals surface area (Å²) in [5.74, 6) is 0.807. The van der Waals surface area contributed by atoms with Gasteiger partial charge < -0.3 is 10.1 Å². The second kappa shape index (κ2) is 4.77. The fourth-order valence-electron chi connectivity index (χ4n) is 1.13. The smallest absolute Gasteiger partial charge is 0.199 e. The Morgan fingerprint density at radius 3 is 2.79 bits per heavy atom. The van der Waals surface area contributed by atoms with E-state index in [1.807, 2.05) is 29.0 Å². The molecule has 0 unspecified atom stereocenters. The lowest BCUT2D eigenvalue weighted by atomic mass is 10.2. The van der Waals surface area contributed by atoms with Gasteiger partial charge in [0.05, 0.1) is 6.26 Å². The van der Waals surface area contributed by atoms with E-state index >= 15 is 0 Å². The first kappa shape index (κ1) is 9.21. The van der Waals surface area contributed by atoms with Crippen molar-refractivity contribution in [1.29, 1.82) is 0 Å². The first-order chi connectivity index (χ1) is 6.95. The van der Waals surface area contributed by atoms with Crippen LogP contribution in [-0.4, -0.2) is 0 Å². The maximum atomic E-state index is 5.25. The van der Waals surface area contributed by atoms with Crippen molar-refractivity contribution in [2.24, 2.45) is 0 Å². The van der Waals surface area contributed by atoms with Crippen LogP contribution in [-0.2, 0) is 11.3 Å². The molecule has 0 atom stereocenters. The van der Waals surface area contributed by atoms with Gasteiger partial charge in [-0.15, -0.1) is 0 Å². The van der Waals surface area contributed by atoms with Crippen LogP contribution in [0.5, 0.6) is 0 Å². The molecular formula is C11H11NOS. The lowest BCUT2D eigenvalue weighted by Crippen LogP contribution is -2.14. The molecule has 0 radical (unpaired) electrons. The Morgan fingerprint density at radius 2 is 2.07 bits per heavy atom. The van der Waals surface area contributed by atoms with Crippen molar-refractivity contribution in [2.75, 3.05) is 0 Å². The van der Waals surface area contributed by atoms with Crippen LogP contribution in [0.4, 0.5) is 0 Å². The summed E-state index contributed by atoms with van der Waals surface area (Å²) < 4.78 is 5.25. The van der Waals surface area contributed by atoms with E-state index in [0.29, 0.717) is 0 Å². The molecule has 1 aromatic carbocycles. The van der Waals surface area contributed by atoms with E-state index < -0.39 is 0 Å². The summed E-state index contributed by atoms with van der Waals surface area (Å²) in [5.41, 5.74) is 1.25. The third-order valence-corrected chi connectivity index (χ3v) is 2.43. The number of hydrogen-bond acceptors (Lipinski definition) is 3. The van der Waals surface area contributed by atoms with Crippen LogP contribution in [0, 0.1) is 0 Å². The highest BCUT2D eigenvalue weighted by Gasteiger charge is 1.99. The van der Waals surface area contributed by atoms with E-state index in [1.165, 1.54) is 5.56 Å². The molecule has 1 N–H and O–H groups in total. The molecule has 3 heteroatoms. The number of rotatable bonds is 3. The maximum absolute atomic E-state index is 5.25. The van der Waals surface area contributed by atoms with E-state index in [0.717, 1.165) is 12.4 Å². The molecule has 2 nitrogen and oxygen atoms in total. The highest BCUT2D eigenvalue weighted by atomic mass is 32.2. The van der Waals surface area contributed by atoms with Gasteiger partial charge in [0.25, 0.3) is 0 Å². The molecule has 0 fully saturated rings. The van der Waals surface area contributed by atoms with Gasteiger partial charge in [-0.3, -0.25) is 0 Å². The molecule has 0 spiro atoms. The number of hydrogen-bond donors (Lipinski definition) is 1. The zero-order valence-corrected chi connectivity index (χ0v) is 8.46. The quantitative estimate of drug-likeness (QED) is 0.819. The Labute approximate surface area is 87.7 Å². The fraction of sp³-hybridized carbons (Fsp3) is 0.0909. The van der Waals surface area contributed by atoms with E-state index in [2.05, 4.69) is 17.4 Å². The minimum absolute atomic E-state index is 0.793. The van der Waals surface area contributed by atoms with Gasteiger partial charge in [0, 0.05) is 17.4 Å². The van der Waals surface area contributed by atoms with Crippen molar-refractivity contribution in [2.45, 2.75) is 6.54 Å². The van der Waals surface area contributed by atoms with Gasteiger partial charge in [-0.05, 0) is 5.56 Å². The molecule has 1 aliphatic heterocycles. The van der Waals surface area contributed by atoms with Gasteiger partial charge in [0.2, 0.25) is 0 Å². The van der Waals surface area contributed by atoms with E-state index in [1.54, 1.807) is 18.0 Å². The van der Waals surface area contributed by atoms with Gasteiger partial charge >= 0.3 is 0 Å². The van der Waals surface area contributed by atoms with Crippen LogP contribution >= 0.6 is 11.8 Å². The molecule has 2 rings (SSSR count). The molecule has 0 saturated carbocycles. The van der Waals surface area contributed by atoms with Crippen LogP contribution < -0.4 is 5.32 Å². The molecule has 0 aromatic heterocycles. The Hall–Kier alpha value is -1.35. The van der Waals surface area contributed by atoms with Crippen molar-refractivity contribution >= 4 is 11.8 Å². The molecule has 1 heterocycles. The molecule has 0 bridgehead atoms. The number of nitrogens with one attached hydrogen (secondary N) is 1. The number of ether oxygens (including phenoxy) is 1. The molecule has 1 aliphatic rings. The summed E-state index contributed by atoms with van der Waals surface area (Å²) in [5, 5.41) is 7.05. The van der Waals surface area contributed by atoms with Gasteiger partial charge in [0.15, 0.2) is 5.88 Å². The normalized spacial score (nSPS) is 14.4. The van der Waals surface area contributed by atoms with Crippen molar-refractivity contribution in [3.63, 3.8) is 0 Å². The average molecular weight is 205 g/mol. The largest absolute Gasteiger partial charge is 0.448 e. The zero-order chi connectivity index (χ0) is 9.64. The van der Waals surface area contributed by atoms with Crippen LogP contribution in [0.25, 0.3) is 0 Å². The first-order valence-electron chi connectivity index (χ1n) is 4.40. The lowest BCUT2D eigenvalue weighted by molar-refractivity contribution is 0.314. The minimum atomic E-state index is 0.793. The van der Waals surface area contributed by atoms with Crippen LogP contribution in [0.2, 0.25) is 0 Å². The summed E-state index contributed by atoms with van der Waals surface area (Å²) in [6, 6.07) is 10.2. The predicted molar refractivity (Wildman–Crippen MR) is 59.2 cm³/mol. The third kappa shape index (κ3) is 2.57. The molecule has 14 heavy (non-hydrogen) atoms. The zero-order valence-electron chi connectivity index (χ0n) is 7.64. The minimum Gasteiger partial charge on any atom is -0.448 e. The summed E-state index contributed by atoms with van der Waals surface area (Å²) in [7, 11) is 0. The van der Waals surface area contributed by atoms with Gasteiger partial charge in [-0.2, -0.15) is 0 Å². The van der Waals surface area contributed by atoms with Crippen LogP contribution in [0.3, 0.4) is 0 Å². The summed E-state index contributed by atoms with van der Waals surface area (Å²) in [4.78, 5) is 0. The highest BCUT2D eigenvalue weighted by molar-refractivity contribution is 8.04. The Balaban J connectivity index is 1.86. The fourth-order valence-corrected chi connectivity index (χ4v) is 1.59. The third-order valence-electron chi connectivity index (χ3n) is 1.81. The Bertz CT molecular complexity index is 346. The van der Waals surface area contributed by atoms with Crippen molar-refractivity contribution in [3.05, 3.63) is 58.9 Å². The van der Waals surface area contributed by atoms with E-state index in [9.17, 15) is 0 Å². The second-order valence-corrected chi connectivity index (χ2v) is 3.63. The van der Waals surface area contributed by atoms with Gasteiger partial charge in [0.1, 0.15) is 0 Å². The van der Waals surface area contributed by atoms with Gasteiger partial charge in [-0.25, -0.2) is 0 Å². The monoisotopic (exact) mass is 205 g/mol. The standard InChI is InChI=1S/C11H11NOS/c1-2-4-10(5-3-1)8-12-11-9-14-7-6-13-11/h1-7,9,12H,8H2. The molecular weight excluding hydrogens is 194 g/mol. The summed E-state index contributed by atoms with van der Waals surface area (Å²) >= 11 is 1.61. The highest BCUT2D eigenvalue weighted by Crippen LogP contribution is 2.14. The maximum Gasteiger partial charge on any atom is 0.199 e. The van der Waals surface area contributed by atoms with Crippen LogP contribution in [0.1, 0.15) is 5.56 Å². The van der Waals surface area contributed by atoms with Gasteiger partial charge in [-0.1, -0.05) is 42.1 Å². The number of benzene rings is 1. The first-order valence-corrected chi connectivity index (χ1v) is 5.34. The molecule has 0 amide bonds. The SMILES string of the molecule is C1=CSC=C(NCc2ccccc2)O1. The molecule has 0 aliphatic carbocycles. The average Bonchev–Trinajstić information content (AvgIpc) is 2.29. The Morgan fingerprint density at radius 1 is 1.21 bits per heavy atom. The van der Waals surface area contributed by atoms with Crippen molar-refractivity contribution in [3.8, 4) is 0 Å². The molecule has 1 aromatic rings. The summed E-state index contributed by atoms with van der Waals surface area (Å²) in [6.45, 7) is 0.793. The van der Waals surface area contributed by atoms with Crippen molar-refractivity contribution in [1.82, 2.24) is 5.32 Å². The topological polar surface area (TPSA) is 21.3 Å². The molecule has 0 saturated heterocycles. The Kier molecular flexibility index (Phi) is 3.14. The van der Waals surface area contributed by atoms with Crippen molar-refractivity contribution < 1.29 is 4.74 Å². The summed E-state index contributed by atoms with van der Waals surface area (Å²) in [6.07, 6.45) is 1.68. The molecule has 72 valence electrons. The second-order valence-electron chi connectivity index (χ2n) is 2.85. The van der Waals surface area contributed by atoms with E-state index in [-0.39, 0.29) is 0 Å². The van der Waals surface area contributed by atoms with Crippen LogP contribution in [0.15, 0.2) is 53.3 Å².